The van der Waals surface area contributed by atoms with Gasteiger partial charge in [-0.3, -0.25) is 9.69 Å². The average Bonchev–Trinajstić information content (AvgIpc) is 2.02. The summed E-state index contributed by atoms with van der Waals surface area (Å²) in [4.78, 5) is 13.5. The maximum atomic E-state index is 11.2. The molecule has 2 heterocycles. The van der Waals surface area contributed by atoms with Crippen molar-refractivity contribution >= 4 is 5.91 Å². The van der Waals surface area contributed by atoms with Crippen LogP contribution in [0.4, 0.5) is 0 Å². The number of nitrogens with two attached hydrogens (primary N) is 1. The van der Waals surface area contributed by atoms with Gasteiger partial charge in [-0.15, -0.1) is 0 Å². The number of hydrogen-bond donors (Lipinski definition) is 2. The van der Waals surface area contributed by atoms with Gasteiger partial charge in [0.15, 0.2) is 0 Å². The molecule has 0 aliphatic carbocycles. The summed E-state index contributed by atoms with van der Waals surface area (Å²) in [5, 5.41) is 3.22. The summed E-state index contributed by atoms with van der Waals surface area (Å²) in [6.07, 6.45) is 2.34. The Hall–Kier alpha value is -0.610. The summed E-state index contributed by atoms with van der Waals surface area (Å²) in [6, 6.07) is 0.410. The van der Waals surface area contributed by atoms with Crippen molar-refractivity contribution in [3.8, 4) is 0 Å². The number of carbonyl (C=O) groups excluding carboxylic acids is 1. The van der Waals surface area contributed by atoms with E-state index in [1.807, 2.05) is 0 Å². The highest BCUT2D eigenvalue weighted by molar-refractivity contribution is 5.77. The van der Waals surface area contributed by atoms with Crippen LogP contribution in [0.2, 0.25) is 0 Å². The Morgan fingerprint density at radius 1 is 1.46 bits per heavy atom. The second-order valence-corrected chi connectivity index (χ2v) is 3.96. The predicted octanol–water partition coefficient (Wildman–Crippen LogP) is -0.844. The Morgan fingerprint density at radius 3 is 2.77 bits per heavy atom. The fraction of sp³-hybridized carbons (Fsp3) is 0.889. The van der Waals surface area contributed by atoms with Crippen molar-refractivity contribution in [2.24, 2.45) is 11.7 Å². The van der Waals surface area contributed by atoms with Gasteiger partial charge in [-0.25, -0.2) is 0 Å². The highest BCUT2D eigenvalue weighted by Crippen LogP contribution is 2.22. The lowest BCUT2D eigenvalue weighted by molar-refractivity contribution is -0.125. The monoisotopic (exact) mass is 183 g/mol. The van der Waals surface area contributed by atoms with Crippen LogP contribution in [0.3, 0.4) is 0 Å². The summed E-state index contributed by atoms with van der Waals surface area (Å²) < 4.78 is 0. The molecule has 74 valence electrons. The van der Waals surface area contributed by atoms with Crippen molar-refractivity contribution in [1.29, 1.82) is 0 Å². The number of carbonyl (C=O) groups is 1. The van der Waals surface area contributed by atoms with Crippen molar-refractivity contribution in [1.82, 2.24) is 10.2 Å². The minimum atomic E-state index is -0.149. The van der Waals surface area contributed by atoms with Crippen molar-refractivity contribution in [3.05, 3.63) is 0 Å². The maximum Gasteiger partial charge on any atom is 0.223 e. The molecule has 0 aromatic carbocycles. The summed E-state index contributed by atoms with van der Waals surface area (Å²) >= 11 is 0. The Balaban J connectivity index is 1.99. The van der Waals surface area contributed by atoms with E-state index in [9.17, 15) is 4.79 Å². The molecule has 0 saturated carbocycles. The zero-order valence-electron chi connectivity index (χ0n) is 7.83. The van der Waals surface area contributed by atoms with Gasteiger partial charge < -0.3 is 11.1 Å². The van der Waals surface area contributed by atoms with E-state index in [-0.39, 0.29) is 11.8 Å². The zero-order valence-corrected chi connectivity index (χ0v) is 7.83. The minimum absolute atomic E-state index is 0.0223. The van der Waals surface area contributed by atoms with Crippen molar-refractivity contribution in [2.45, 2.75) is 18.9 Å². The van der Waals surface area contributed by atoms with Gasteiger partial charge in [0.2, 0.25) is 5.91 Å². The van der Waals surface area contributed by atoms with Crippen LogP contribution < -0.4 is 11.1 Å². The number of likely N-dealkylation sites (tertiary alicyclic amines) is 1. The van der Waals surface area contributed by atoms with Crippen LogP contribution in [0.5, 0.6) is 0 Å². The first-order valence-electron chi connectivity index (χ1n) is 5.03. The van der Waals surface area contributed by atoms with Gasteiger partial charge in [-0.05, 0) is 32.5 Å². The first kappa shape index (κ1) is 8.97. The maximum absolute atomic E-state index is 11.2. The molecule has 0 aromatic rings. The molecule has 13 heavy (non-hydrogen) atoms. The molecule has 2 aliphatic heterocycles. The van der Waals surface area contributed by atoms with Crippen LogP contribution in [0.25, 0.3) is 0 Å². The first-order valence-corrected chi connectivity index (χ1v) is 5.03. The summed E-state index contributed by atoms with van der Waals surface area (Å²) in [5.41, 5.74) is 5.37. The minimum Gasteiger partial charge on any atom is -0.369 e. The molecule has 2 fully saturated rings. The van der Waals surface area contributed by atoms with Gasteiger partial charge in [0.25, 0.3) is 0 Å². The van der Waals surface area contributed by atoms with Gasteiger partial charge in [0, 0.05) is 12.6 Å². The van der Waals surface area contributed by atoms with E-state index in [2.05, 4.69) is 10.2 Å². The predicted molar refractivity (Wildman–Crippen MR) is 50.1 cm³/mol. The molecule has 1 unspecified atom stereocenters. The molecule has 2 saturated heterocycles. The van der Waals surface area contributed by atoms with E-state index in [1.54, 1.807) is 0 Å². The number of nitrogens with zero attached hydrogens (tertiary/aromatic N) is 1. The number of nitrogens with one attached hydrogen (secondary N) is 1. The Bertz CT molecular complexity index is 203. The molecule has 2 atom stereocenters. The normalized spacial score (nSPS) is 35.4. The number of hydrogen-bond acceptors (Lipinski definition) is 3. The zero-order chi connectivity index (χ0) is 9.26. The van der Waals surface area contributed by atoms with E-state index >= 15 is 0 Å². The van der Waals surface area contributed by atoms with E-state index < -0.39 is 0 Å². The molecular weight excluding hydrogens is 166 g/mol. The molecule has 4 nitrogen and oxygen atoms in total. The van der Waals surface area contributed by atoms with Crippen LogP contribution in [-0.4, -0.2) is 43.0 Å². The SMILES string of the molecule is NC(=O)[C@H]1CNCCC1N1CCC1. The Morgan fingerprint density at radius 2 is 2.23 bits per heavy atom. The number of primary amides is 1. The summed E-state index contributed by atoms with van der Waals surface area (Å²) in [5.74, 6) is -0.127. The second kappa shape index (κ2) is 3.64. The van der Waals surface area contributed by atoms with Crippen molar-refractivity contribution in [2.75, 3.05) is 26.2 Å². The van der Waals surface area contributed by atoms with E-state index in [1.165, 1.54) is 6.42 Å². The molecule has 4 heteroatoms. The summed E-state index contributed by atoms with van der Waals surface area (Å²) in [6.45, 7) is 4.07. The molecule has 0 bridgehead atoms. The lowest BCUT2D eigenvalue weighted by Gasteiger charge is -2.43. The van der Waals surface area contributed by atoms with E-state index in [4.69, 9.17) is 5.73 Å². The number of amides is 1. The van der Waals surface area contributed by atoms with Crippen LogP contribution in [0.1, 0.15) is 12.8 Å². The smallest absolute Gasteiger partial charge is 0.223 e. The fourth-order valence-electron chi connectivity index (χ4n) is 2.24. The standard InChI is InChI=1S/C9H17N3O/c10-9(13)7-6-11-3-2-8(7)12-4-1-5-12/h7-8,11H,1-6H2,(H2,10,13)/t7-,8?/m0/s1. The van der Waals surface area contributed by atoms with Gasteiger partial charge in [-0.2, -0.15) is 0 Å². The highest BCUT2D eigenvalue weighted by Gasteiger charge is 2.35. The second-order valence-electron chi connectivity index (χ2n) is 3.96. The first-order chi connectivity index (χ1) is 6.29. The van der Waals surface area contributed by atoms with Crippen molar-refractivity contribution < 1.29 is 4.79 Å². The molecular formula is C9H17N3O. The molecule has 3 N–H and O–H groups in total. The van der Waals surface area contributed by atoms with E-state index in [0.29, 0.717) is 6.04 Å². The Kier molecular flexibility index (Phi) is 2.51. The van der Waals surface area contributed by atoms with Crippen LogP contribution in [0, 0.1) is 5.92 Å². The molecule has 0 radical (unpaired) electrons. The topological polar surface area (TPSA) is 58.4 Å². The van der Waals surface area contributed by atoms with Crippen LogP contribution in [-0.2, 0) is 4.79 Å². The third-order valence-corrected chi connectivity index (χ3v) is 3.17. The number of rotatable bonds is 2. The number of piperidine rings is 1. The largest absolute Gasteiger partial charge is 0.369 e. The van der Waals surface area contributed by atoms with Crippen LogP contribution in [0.15, 0.2) is 0 Å². The third-order valence-electron chi connectivity index (χ3n) is 3.17. The van der Waals surface area contributed by atoms with Crippen molar-refractivity contribution in [3.63, 3.8) is 0 Å². The highest BCUT2D eigenvalue weighted by atomic mass is 16.1. The fourth-order valence-corrected chi connectivity index (χ4v) is 2.24. The molecule has 1 amide bonds. The third kappa shape index (κ3) is 1.69. The Labute approximate surface area is 78.5 Å². The van der Waals surface area contributed by atoms with Gasteiger partial charge in [0.1, 0.15) is 0 Å². The average molecular weight is 183 g/mol. The van der Waals surface area contributed by atoms with Crippen LogP contribution >= 0.6 is 0 Å². The van der Waals surface area contributed by atoms with Gasteiger partial charge in [-0.1, -0.05) is 0 Å². The molecule has 2 aliphatic rings. The molecule has 0 aromatic heterocycles. The summed E-state index contributed by atoms with van der Waals surface area (Å²) in [7, 11) is 0. The molecule has 2 rings (SSSR count). The molecule has 0 spiro atoms. The quantitative estimate of drug-likeness (QED) is 0.586. The van der Waals surface area contributed by atoms with Gasteiger partial charge in [0.05, 0.1) is 5.92 Å². The van der Waals surface area contributed by atoms with Gasteiger partial charge >= 0.3 is 0 Å². The lowest BCUT2D eigenvalue weighted by Crippen LogP contribution is -2.57. The van der Waals surface area contributed by atoms with E-state index in [0.717, 1.165) is 32.6 Å². The lowest BCUT2D eigenvalue weighted by atomic mass is 9.89.